The first-order valence-corrected chi connectivity index (χ1v) is 9.23. The molecular weight excluding hydrogens is 368 g/mol. The number of aromatic carboxylic acids is 1. The van der Waals surface area contributed by atoms with Gasteiger partial charge in [-0.05, 0) is 41.8 Å². The second kappa shape index (κ2) is 9.50. The topological polar surface area (TPSA) is 79.7 Å². The zero-order chi connectivity index (χ0) is 20.6. The summed E-state index contributed by atoms with van der Waals surface area (Å²) < 4.78 is 5.18. The molecule has 0 atom stereocenters. The van der Waals surface area contributed by atoms with Crippen molar-refractivity contribution >= 4 is 11.9 Å². The molecule has 0 saturated carbocycles. The third-order valence-corrected chi connectivity index (χ3v) is 4.52. The molecule has 2 aromatic carbocycles. The second-order valence-electron chi connectivity index (χ2n) is 6.52. The van der Waals surface area contributed by atoms with Crippen molar-refractivity contribution in [3.05, 3.63) is 95.3 Å². The molecule has 0 radical (unpaired) electrons. The minimum absolute atomic E-state index is 0.121. The van der Waals surface area contributed by atoms with E-state index in [0.717, 1.165) is 16.9 Å². The lowest BCUT2D eigenvalue weighted by Crippen LogP contribution is -2.33. The smallest absolute Gasteiger partial charge is 0.354 e. The molecule has 0 aliphatic carbocycles. The number of aromatic nitrogens is 1. The highest BCUT2D eigenvalue weighted by atomic mass is 16.5. The maximum absolute atomic E-state index is 13.1. The van der Waals surface area contributed by atoms with Gasteiger partial charge >= 0.3 is 5.97 Å². The normalized spacial score (nSPS) is 10.4. The lowest BCUT2D eigenvalue weighted by molar-refractivity contribution is 0.0689. The Morgan fingerprint density at radius 1 is 0.897 bits per heavy atom. The number of methoxy groups -OCH3 is 1. The quantitative estimate of drug-likeness (QED) is 0.635. The summed E-state index contributed by atoms with van der Waals surface area (Å²) in [6.45, 7) is 0.883. The fourth-order valence-electron chi connectivity index (χ4n) is 2.95. The van der Waals surface area contributed by atoms with E-state index in [1.165, 1.54) is 12.1 Å². The van der Waals surface area contributed by atoms with E-state index >= 15 is 0 Å². The van der Waals surface area contributed by atoms with E-state index < -0.39 is 5.97 Å². The third kappa shape index (κ3) is 5.42. The number of pyridine rings is 1. The predicted octanol–water partition coefficient (Wildman–Crippen LogP) is 3.67. The molecule has 0 bridgehead atoms. The molecule has 0 unspecified atom stereocenters. The Labute approximate surface area is 169 Å². The van der Waals surface area contributed by atoms with Crippen molar-refractivity contribution in [2.24, 2.45) is 0 Å². The van der Waals surface area contributed by atoms with Crippen LogP contribution in [0.1, 0.15) is 32.1 Å². The van der Waals surface area contributed by atoms with E-state index in [4.69, 9.17) is 9.84 Å². The molecule has 6 heteroatoms. The van der Waals surface area contributed by atoms with E-state index in [1.807, 2.05) is 54.6 Å². The summed E-state index contributed by atoms with van der Waals surface area (Å²) in [4.78, 5) is 30.0. The average molecular weight is 390 g/mol. The molecule has 0 spiro atoms. The number of hydrogen-bond donors (Lipinski definition) is 1. The van der Waals surface area contributed by atoms with Crippen molar-refractivity contribution in [1.82, 2.24) is 9.88 Å². The lowest BCUT2D eigenvalue weighted by atomic mass is 10.1. The van der Waals surface area contributed by atoms with Gasteiger partial charge in [-0.15, -0.1) is 0 Å². The van der Waals surface area contributed by atoms with Crippen LogP contribution in [0.4, 0.5) is 0 Å². The van der Waals surface area contributed by atoms with Gasteiger partial charge in [0.25, 0.3) is 5.91 Å². The number of carboxylic acids is 1. The van der Waals surface area contributed by atoms with E-state index in [-0.39, 0.29) is 17.3 Å². The molecule has 1 heterocycles. The molecule has 3 rings (SSSR count). The van der Waals surface area contributed by atoms with Crippen LogP contribution in [0.25, 0.3) is 0 Å². The van der Waals surface area contributed by atoms with E-state index in [0.29, 0.717) is 19.5 Å². The van der Waals surface area contributed by atoms with Gasteiger partial charge in [-0.25, -0.2) is 9.78 Å². The molecule has 0 saturated heterocycles. The van der Waals surface area contributed by atoms with Gasteiger partial charge in [0, 0.05) is 13.1 Å². The van der Waals surface area contributed by atoms with Crippen molar-refractivity contribution in [2.45, 2.75) is 13.0 Å². The molecule has 3 aromatic rings. The number of amides is 1. The number of carbonyl (C=O) groups is 2. The number of carbonyl (C=O) groups excluding carboxylic acids is 1. The standard InChI is InChI=1S/C23H22N2O4/c1-29-19-12-10-17(11-13-19)14-15-25(16-18-6-3-2-4-7-18)22(26)20-8-5-9-21(24-20)23(27)28/h2-13H,14-16H2,1H3,(H,27,28). The number of rotatable bonds is 8. The molecule has 0 fully saturated rings. The second-order valence-corrected chi connectivity index (χ2v) is 6.52. The Morgan fingerprint density at radius 3 is 2.24 bits per heavy atom. The summed E-state index contributed by atoms with van der Waals surface area (Å²) in [6.07, 6.45) is 0.654. The summed E-state index contributed by atoms with van der Waals surface area (Å²) in [5.41, 5.74) is 2.04. The monoisotopic (exact) mass is 390 g/mol. The maximum atomic E-state index is 13.1. The number of carboxylic acid groups (broad SMARTS) is 1. The fourth-order valence-corrected chi connectivity index (χ4v) is 2.95. The molecular formula is C23H22N2O4. The van der Waals surface area contributed by atoms with Crippen molar-refractivity contribution < 1.29 is 19.4 Å². The molecule has 0 aliphatic rings. The molecule has 29 heavy (non-hydrogen) atoms. The van der Waals surface area contributed by atoms with Crippen LogP contribution in [0.15, 0.2) is 72.8 Å². The molecule has 148 valence electrons. The molecule has 1 amide bonds. The van der Waals surface area contributed by atoms with Gasteiger partial charge < -0.3 is 14.7 Å². The first kappa shape index (κ1) is 20.1. The van der Waals surface area contributed by atoms with Crippen LogP contribution in [0.3, 0.4) is 0 Å². The highest BCUT2D eigenvalue weighted by molar-refractivity contribution is 5.94. The van der Waals surface area contributed by atoms with E-state index in [1.54, 1.807) is 18.1 Å². The van der Waals surface area contributed by atoms with Crippen molar-refractivity contribution in [3.63, 3.8) is 0 Å². The number of hydrogen-bond acceptors (Lipinski definition) is 4. The fraction of sp³-hybridized carbons (Fsp3) is 0.174. The highest BCUT2D eigenvalue weighted by Crippen LogP contribution is 2.14. The Kier molecular flexibility index (Phi) is 6.58. The number of benzene rings is 2. The van der Waals surface area contributed by atoms with Crippen LogP contribution in [0, 0.1) is 0 Å². The summed E-state index contributed by atoms with van der Waals surface area (Å²) >= 11 is 0. The minimum atomic E-state index is -1.16. The van der Waals surface area contributed by atoms with E-state index in [2.05, 4.69) is 4.98 Å². The van der Waals surface area contributed by atoms with Gasteiger partial charge in [0.05, 0.1) is 7.11 Å². The number of ether oxygens (including phenoxy) is 1. The van der Waals surface area contributed by atoms with Crippen molar-refractivity contribution in [3.8, 4) is 5.75 Å². The Morgan fingerprint density at radius 2 is 1.59 bits per heavy atom. The minimum Gasteiger partial charge on any atom is -0.497 e. The van der Waals surface area contributed by atoms with Crippen LogP contribution in [-0.4, -0.2) is 40.5 Å². The molecule has 6 nitrogen and oxygen atoms in total. The Hall–Kier alpha value is -3.67. The van der Waals surface area contributed by atoms with Crippen LogP contribution in [0.2, 0.25) is 0 Å². The van der Waals surface area contributed by atoms with Gasteiger partial charge in [0.15, 0.2) is 0 Å². The largest absolute Gasteiger partial charge is 0.497 e. The van der Waals surface area contributed by atoms with Crippen LogP contribution in [-0.2, 0) is 13.0 Å². The Bertz CT molecular complexity index is 972. The Balaban J connectivity index is 1.80. The van der Waals surface area contributed by atoms with Gasteiger partial charge in [-0.2, -0.15) is 0 Å². The maximum Gasteiger partial charge on any atom is 0.354 e. The summed E-state index contributed by atoms with van der Waals surface area (Å²) in [5.74, 6) is -0.682. The first-order valence-electron chi connectivity index (χ1n) is 9.23. The summed E-state index contributed by atoms with van der Waals surface area (Å²) in [5, 5.41) is 9.16. The van der Waals surface area contributed by atoms with Gasteiger partial charge in [-0.1, -0.05) is 48.5 Å². The van der Waals surface area contributed by atoms with Crippen molar-refractivity contribution in [2.75, 3.05) is 13.7 Å². The van der Waals surface area contributed by atoms with Crippen LogP contribution < -0.4 is 4.74 Å². The number of nitrogens with zero attached hydrogens (tertiary/aromatic N) is 2. The highest BCUT2D eigenvalue weighted by Gasteiger charge is 2.19. The third-order valence-electron chi connectivity index (χ3n) is 4.52. The average Bonchev–Trinajstić information content (AvgIpc) is 2.77. The van der Waals surface area contributed by atoms with E-state index in [9.17, 15) is 9.59 Å². The molecule has 1 N–H and O–H groups in total. The summed E-state index contributed by atoms with van der Waals surface area (Å²) in [6, 6.07) is 21.8. The zero-order valence-corrected chi connectivity index (χ0v) is 16.1. The first-order chi connectivity index (χ1) is 14.1. The molecule has 0 aliphatic heterocycles. The SMILES string of the molecule is COc1ccc(CCN(Cc2ccccc2)C(=O)c2cccc(C(=O)O)n2)cc1. The van der Waals surface area contributed by atoms with Crippen LogP contribution >= 0.6 is 0 Å². The van der Waals surface area contributed by atoms with Gasteiger partial charge in [0.2, 0.25) is 0 Å². The zero-order valence-electron chi connectivity index (χ0n) is 16.1. The molecule has 1 aromatic heterocycles. The van der Waals surface area contributed by atoms with Gasteiger partial charge in [-0.3, -0.25) is 4.79 Å². The van der Waals surface area contributed by atoms with Gasteiger partial charge in [0.1, 0.15) is 17.1 Å². The van der Waals surface area contributed by atoms with Crippen LogP contribution in [0.5, 0.6) is 5.75 Å². The summed E-state index contributed by atoms with van der Waals surface area (Å²) in [7, 11) is 1.62. The van der Waals surface area contributed by atoms with Crippen molar-refractivity contribution in [1.29, 1.82) is 0 Å². The lowest BCUT2D eigenvalue weighted by Gasteiger charge is -2.23. The predicted molar refractivity (Wildman–Crippen MR) is 109 cm³/mol.